The van der Waals surface area contributed by atoms with Crippen LogP contribution in [0, 0.1) is 6.92 Å². The van der Waals surface area contributed by atoms with E-state index in [1.54, 1.807) is 18.4 Å². The van der Waals surface area contributed by atoms with Gasteiger partial charge in [0.05, 0.1) is 34.3 Å². The van der Waals surface area contributed by atoms with Crippen molar-refractivity contribution in [3.63, 3.8) is 0 Å². The first-order valence-electron chi connectivity index (χ1n) is 8.15. The molecule has 0 spiro atoms. The Morgan fingerprint density at radius 2 is 2.12 bits per heavy atom. The maximum absolute atomic E-state index is 12.4. The minimum absolute atomic E-state index is 0. The molecule has 136 valence electrons. The first kappa shape index (κ1) is 19.8. The van der Waals surface area contributed by atoms with Gasteiger partial charge in [0.2, 0.25) is 5.91 Å². The Hall–Kier alpha value is -1.47. The van der Waals surface area contributed by atoms with Gasteiger partial charge in [-0.3, -0.25) is 4.79 Å². The number of methoxy groups -OCH3 is 1. The summed E-state index contributed by atoms with van der Waals surface area (Å²) in [7, 11) is 1.68. The van der Waals surface area contributed by atoms with Gasteiger partial charge in [-0.2, -0.15) is 0 Å². The number of benzene rings is 1. The van der Waals surface area contributed by atoms with Crippen LogP contribution in [-0.2, 0) is 9.53 Å². The smallest absolute Gasteiger partial charge is 0.237 e. The number of carbonyl (C=O) groups is 1. The number of hydrogen-bond donors (Lipinski definition) is 2. The van der Waals surface area contributed by atoms with Crippen LogP contribution in [0.1, 0.15) is 30.6 Å². The largest absolute Gasteiger partial charge is 0.380 e. The van der Waals surface area contributed by atoms with Crippen LogP contribution in [0.2, 0.25) is 0 Å². The summed E-state index contributed by atoms with van der Waals surface area (Å²) in [5.41, 5.74) is 5.17. The zero-order valence-electron chi connectivity index (χ0n) is 14.6. The van der Waals surface area contributed by atoms with Crippen LogP contribution in [-0.4, -0.2) is 36.7 Å². The molecule has 1 aliphatic heterocycles. The van der Waals surface area contributed by atoms with Gasteiger partial charge in [0.15, 0.2) is 0 Å². The second kappa shape index (κ2) is 8.76. The molecular weight excluding hydrogens is 358 g/mol. The summed E-state index contributed by atoms with van der Waals surface area (Å²) in [6.45, 7) is 4.75. The number of amides is 1. The molecule has 1 aromatic heterocycles. The summed E-state index contributed by atoms with van der Waals surface area (Å²) in [5.74, 6) is 0.0319. The molecular formula is C18H24ClN3O2S. The minimum Gasteiger partial charge on any atom is -0.380 e. The molecule has 0 unspecified atom stereocenters. The first-order chi connectivity index (χ1) is 11.6. The molecule has 0 saturated carbocycles. The number of rotatable bonds is 5. The highest BCUT2D eigenvalue weighted by Crippen LogP contribution is 2.28. The van der Waals surface area contributed by atoms with Crippen LogP contribution in [0.25, 0.3) is 10.4 Å². The van der Waals surface area contributed by atoms with Crippen LogP contribution in [0.5, 0.6) is 0 Å². The van der Waals surface area contributed by atoms with Crippen molar-refractivity contribution in [2.24, 2.45) is 0 Å². The van der Waals surface area contributed by atoms with E-state index in [1.807, 2.05) is 19.4 Å². The zero-order chi connectivity index (χ0) is 17.1. The molecule has 2 aromatic rings. The molecule has 0 aliphatic carbocycles. The van der Waals surface area contributed by atoms with E-state index in [4.69, 9.17) is 4.74 Å². The molecule has 1 fully saturated rings. The third kappa shape index (κ3) is 4.58. The number of halogens is 1. The summed E-state index contributed by atoms with van der Waals surface area (Å²) in [5, 5.41) is 6.29. The molecule has 3 atom stereocenters. The fourth-order valence-corrected chi connectivity index (χ4v) is 3.79. The summed E-state index contributed by atoms with van der Waals surface area (Å²) >= 11 is 1.65. The molecule has 0 radical (unpaired) electrons. The van der Waals surface area contributed by atoms with E-state index in [9.17, 15) is 4.79 Å². The van der Waals surface area contributed by atoms with Crippen molar-refractivity contribution in [1.82, 2.24) is 15.6 Å². The third-order valence-electron chi connectivity index (χ3n) is 4.52. The molecule has 1 saturated heterocycles. The Balaban J connectivity index is 0.00000225. The Morgan fingerprint density at radius 1 is 1.40 bits per heavy atom. The molecule has 3 rings (SSSR count). The van der Waals surface area contributed by atoms with Gasteiger partial charge in [0, 0.05) is 13.7 Å². The van der Waals surface area contributed by atoms with Crippen molar-refractivity contribution in [3.8, 4) is 10.4 Å². The summed E-state index contributed by atoms with van der Waals surface area (Å²) in [6.07, 6.45) is 0.844. The van der Waals surface area contributed by atoms with Crippen molar-refractivity contribution >= 4 is 29.7 Å². The van der Waals surface area contributed by atoms with Crippen molar-refractivity contribution < 1.29 is 9.53 Å². The summed E-state index contributed by atoms with van der Waals surface area (Å²) in [6, 6.07) is 8.12. The van der Waals surface area contributed by atoms with E-state index in [0.29, 0.717) is 0 Å². The van der Waals surface area contributed by atoms with Crippen molar-refractivity contribution in [2.75, 3.05) is 13.7 Å². The summed E-state index contributed by atoms with van der Waals surface area (Å²) in [4.78, 5) is 17.8. The predicted octanol–water partition coefficient (Wildman–Crippen LogP) is 3.09. The van der Waals surface area contributed by atoms with Crippen LogP contribution in [0.15, 0.2) is 29.8 Å². The molecule has 2 N–H and O–H groups in total. The highest BCUT2D eigenvalue weighted by Gasteiger charge is 2.29. The highest BCUT2D eigenvalue weighted by atomic mass is 35.5. The zero-order valence-corrected chi connectivity index (χ0v) is 16.2. The monoisotopic (exact) mass is 381 g/mol. The van der Waals surface area contributed by atoms with Crippen LogP contribution >= 0.6 is 23.7 Å². The van der Waals surface area contributed by atoms with Gasteiger partial charge in [-0.05, 0) is 31.4 Å². The quantitative estimate of drug-likeness (QED) is 0.835. The number of hydrogen-bond acceptors (Lipinski definition) is 5. The van der Waals surface area contributed by atoms with E-state index < -0.39 is 0 Å². The molecule has 1 amide bonds. The molecule has 5 nitrogen and oxygen atoms in total. The van der Waals surface area contributed by atoms with Crippen molar-refractivity contribution in [2.45, 2.75) is 38.5 Å². The lowest BCUT2D eigenvalue weighted by molar-refractivity contribution is -0.123. The normalized spacial score (nSPS) is 20.8. The van der Waals surface area contributed by atoms with Crippen LogP contribution in [0.3, 0.4) is 0 Å². The van der Waals surface area contributed by atoms with Gasteiger partial charge in [0.1, 0.15) is 0 Å². The second-order valence-corrected chi connectivity index (χ2v) is 7.03. The Bertz CT molecular complexity index is 705. The van der Waals surface area contributed by atoms with Gasteiger partial charge in [0.25, 0.3) is 0 Å². The Morgan fingerprint density at radius 3 is 2.68 bits per heavy atom. The number of thiazole rings is 1. The average molecular weight is 382 g/mol. The van der Waals surface area contributed by atoms with E-state index in [2.05, 4.69) is 39.9 Å². The summed E-state index contributed by atoms with van der Waals surface area (Å²) < 4.78 is 5.29. The maximum atomic E-state index is 12.4. The first-order valence-corrected chi connectivity index (χ1v) is 9.03. The van der Waals surface area contributed by atoms with E-state index in [1.165, 1.54) is 4.88 Å². The average Bonchev–Trinajstić information content (AvgIpc) is 3.23. The third-order valence-corrected chi connectivity index (χ3v) is 5.50. The fraction of sp³-hybridized carbons (Fsp3) is 0.444. The van der Waals surface area contributed by atoms with Gasteiger partial charge >= 0.3 is 0 Å². The topological polar surface area (TPSA) is 63.2 Å². The number of nitrogens with zero attached hydrogens (tertiary/aromatic N) is 1. The number of carbonyl (C=O) groups excluding carboxylic acids is 1. The number of aryl methyl sites for hydroxylation is 1. The van der Waals surface area contributed by atoms with E-state index in [-0.39, 0.29) is 36.5 Å². The van der Waals surface area contributed by atoms with Crippen LogP contribution < -0.4 is 10.6 Å². The van der Waals surface area contributed by atoms with Crippen molar-refractivity contribution in [1.29, 1.82) is 0 Å². The van der Waals surface area contributed by atoms with Crippen molar-refractivity contribution in [3.05, 3.63) is 41.0 Å². The van der Waals surface area contributed by atoms with Crippen LogP contribution in [0.4, 0.5) is 0 Å². The second-order valence-electron chi connectivity index (χ2n) is 6.17. The Kier molecular flexibility index (Phi) is 6.95. The lowest BCUT2D eigenvalue weighted by atomic mass is 10.0. The Labute approximate surface area is 158 Å². The van der Waals surface area contributed by atoms with Gasteiger partial charge in [-0.1, -0.05) is 24.3 Å². The highest BCUT2D eigenvalue weighted by molar-refractivity contribution is 7.13. The minimum atomic E-state index is -0.170. The van der Waals surface area contributed by atoms with E-state index in [0.717, 1.165) is 29.8 Å². The number of ether oxygens (including phenoxy) is 1. The molecule has 1 aliphatic rings. The number of nitrogens with one attached hydrogen (secondary N) is 2. The number of aromatic nitrogens is 1. The molecule has 7 heteroatoms. The van der Waals surface area contributed by atoms with Gasteiger partial charge in [-0.25, -0.2) is 4.98 Å². The van der Waals surface area contributed by atoms with Gasteiger partial charge in [-0.15, -0.1) is 23.7 Å². The molecule has 2 heterocycles. The van der Waals surface area contributed by atoms with Gasteiger partial charge < -0.3 is 15.4 Å². The SMILES string of the molecule is CO[C@H]1CN[C@H](C(=O)N[C@@H](C)c2ccc(-c3scnc3C)cc2)C1.Cl. The lowest BCUT2D eigenvalue weighted by Crippen LogP contribution is -2.41. The van der Waals surface area contributed by atoms with E-state index >= 15 is 0 Å². The maximum Gasteiger partial charge on any atom is 0.237 e. The molecule has 25 heavy (non-hydrogen) atoms. The standard InChI is InChI=1S/C18H23N3O2S.ClH/c1-11(21-18(22)16-8-15(23-3)9-19-16)13-4-6-14(7-5-13)17-12(2)20-10-24-17;/h4-7,10-11,15-16,19H,8-9H2,1-3H3,(H,21,22);1H/t11-,15+,16-;/m0./s1. The lowest BCUT2D eigenvalue weighted by Gasteiger charge is -2.18. The fourth-order valence-electron chi connectivity index (χ4n) is 2.98. The molecule has 1 aromatic carbocycles. The predicted molar refractivity (Wildman–Crippen MR) is 103 cm³/mol. The molecule has 0 bridgehead atoms.